The van der Waals surface area contributed by atoms with E-state index in [9.17, 15) is 14.4 Å². The minimum atomic E-state index is -0.848. The molecule has 9 heteroatoms. The predicted octanol–water partition coefficient (Wildman–Crippen LogP) is 3.25. The number of hydrogen-bond acceptors (Lipinski definition) is 6. The molecule has 36 heavy (non-hydrogen) atoms. The molecule has 0 aliphatic carbocycles. The van der Waals surface area contributed by atoms with Crippen molar-refractivity contribution in [3.8, 4) is 5.75 Å². The van der Waals surface area contributed by atoms with E-state index >= 15 is 0 Å². The van der Waals surface area contributed by atoms with Crippen LogP contribution in [0.5, 0.6) is 5.75 Å². The monoisotopic (exact) mass is 511 g/mol. The molecule has 1 aliphatic rings. The molecule has 0 saturated carbocycles. The molecule has 2 amide bonds. The lowest BCUT2D eigenvalue weighted by Gasteiger charge is -2.36. The summed E-state index contributed by atoms with van der Waals surface area (Å²) in [5.74, 6) is -0.534. The van der Waals surface area contributed by atoms with Crippen LogP contribution in [0, 0.1) is 0 Å². The normalized spacial score (nSPS) is 16.0. The van der Waals surface area contributed by atoms with Crippen LogP contribution in [0.2, 0.25) is 0 Å². The smallest absolute Gasteiger partial charge is 0.308 e. The lowest BCUT2D eigenvalue weighted by Crippen LogP contribution is -2.60. The van der Waals surface area contributed by atoms with Gasteiger partial charge in [-0.3, -0.25) is 19.7 Å². The lowest BCUT2D eigenvalue weighted by molar-refractivity contribution is -0.147. The minimum absolute atomic E-state index is 0.0787. The van der Waals surface area contributed by atoms with Crippen LogP contribution in [-0.2, 0) is 20.7 Å². The third-order valence-corrected chi connectivity index (χ3v) is 6.25. The first-order valence-electron chi connectivity index (χ1n) is 12.2. The van der Waals surface area contributed by atoms with E-state index in [1.54, 1.807) is 29.2 Å². The second kappa shape index (κ2) is 13.6. The minimum Gasteiger partial charge on any atom is -0.491 e. The van der Waals surface area contributed by atoms with Crippen LogP contribution in [0.3, 0.4) is 0 Å². The molecule has 2 aromatic rings. The Morgan fingerprint density at radius 2 is 1.89 bits per heavy atom. The van der Waals surface area contributed by atoms with Crippen LogP contribution < -0.4 is 15.4 Å². The molecule has 0 aromatic heterocycles. The molecule has 192 valence electrons. The Morgan fingerprint density at radius 1 is 1.17 bits per heavy atom. The summed E-state index contributed by atoms with van der Waals surface area (Å²) in [6.45, 7) is 5.01. The number of carbonyl (C=O) groups excluding carboxylic acids is 3. The third-order valence-electron chi connectivity index (χ3n) is 5.92. The molecule has 0 bridgehead atoms. The summed E-state index contributed by atoms with van der Waals surface area (Å²) < 4.78 is 11.1. The van der Waals surface area contributed by atoms with Gasteiger partial charge in [-0.2, -0.15) is 0 Å². The summed E-state index contributed by atoms with van der Waals surface area (Å²) in [5.41, 5.74) is 1.58. The Hall–Kier alpha value is -3.46. The molecule has 8 nitrogen and oxygen atoms in total. The van der Waals surface area contributed by atoms with Crippen molar-refractivity contribution in [3.63, 3.8) is 0 Å². The van der Waals surface area contributed by atoms with Crippen molar-refractivity contribution in [2.45, 2.75) is 51.7 Å². The second-order valence-electron chi connectivity index (χ2n) is 8.63. The molecular formula is C27H33N3O5S. The van der Waals surface area contributed by atoms with Gasteiger partial charge in [-0.05, 0) is 68.2 Å². The average Bonchev–Trinajstić information content (AvgIpc) is 2.88. The van der Waals surface area contributed by atoms with Gasteiger partial charge in [-0.25, -0.2) is 0 Å². The summed E-state index contributed by atoms with van der Waals surface area (Å²) in [4.78, 5) is 39.3. The number of nitrogens with zero attached hydrogens (tertiary/aromatic N) is 1. The number of hydrogen-bond donors (Lipinski definition) is 2. The number of piperazine rings is 1. The molecule has 1 fully saturated rings. The number of ether oxygens (including phenoxy) is 2. The van der Waals surface area contributed by atoms with E-state index in [1.165, 1.54) is 5.56 Å². The topological polar surface area (TPSA) is 97.0 Å². The number of carbonyl (C=O) groups is 3. The summed E-state index contributed by atoms with van der Waals surface area (Å²) >= 11 is 5.43. The van der Waals surface area contributed by atoms with E-state index in [-0.39, 0.29) is 30.2 Å². The summed E-state index contributed by atoms with van der Waals surface area (Å²) in [5, 5.41) is 5.52. The Morgan fingerprint density at radius 3 is 2.58 bits per heavy atom. The van der Waals surface area contributed by atoms with E-state index < -0.39 is 17.9 Å². The van der Waals surface area contributed by atoms with Gasteiger partial charge in [0.1, 0.15) is 11.8 Å². The van der Waals surface area contributed by atoms with Crippen molar-refractivity contribution in [2.24, 2.45) is 0 Å². The largest absolute Gasteiger partial charge is 0.491 e. The Balaban J connectivity index is 1.51. The van der Waals surface area contributed by atoms with Crippen LogP contribution >= 0.6 is 12.2 Å². The average molecular weight is 512 g/mol. The van der Waals surface area contributed by atoms with Crippen LogP contribution in [-0.4, -0.2) is 59.6 Å². The third kappa shape index (κ3) is 8.05. The quantitative estimate of drug-likeness (QED) is 0.287. The molecule has 2 N–H and O–H groups in total. The zero-order valence-electron chi connectivity index (χ0n) is 20.7. The zero-order valence-corrected chi connectivity index (χ0v) is 21.5. The van der Waals surface area contributed by atoms with E-state index in [1.807, 2.05) is 44.2 Å². The van der Waals surface area contributed by atoms with Crippen molar-refractivity contribution in [1.29, 1.82) is 0 Å². The predicted molar refractivity (Wildman–Crippen MR) is 141 cm³/mol. The molecule has 0 radical (unpaired) electrons. The Labute approximate surface area is 217 Å². The van der Waals surface area contributed by atoms with Crippen molar-refractivity contribution in [2.75, 3.05) is 19.7 Å². The van der Waals surface area contributed by atoms with Gasteiger partial charge in [-0.15, -0.1) is 0 Å². The van der Waals surface area contributed by atoms with E-state index in [4.69, 9.17) is 21.7 Å². The van der Waals surface area contributed by atoms with Crippen LogP contribution in [0.1, 0.15) is 49.0 Å². The lowest BCUT2D eigenvalue weighted by atomic mass is 10.1. The number of esters is 1. The molecule has 0 spiro atoms. The summed E-state index contributed by atoms with van der Waals surface area (Å²) in [6.07, 6.45) is 2.28. The van der Waals surface area contributed by atoms with Crippen molar-refractivity contribution in [1.82, 2.24) is 15.5 Å². The molecular weight excluding hydrogens is 478 g/mol. The van der Waals surface area contributed by atoms with Gasteiger partial charge < -0.3 is 19.7 Å². The standard InChI is InChI=1S/C27H33N3O5S/c1-3-19(2)35-22-13-11-21(12-14-22)25(32)29-27(36)30-16-15-28-26(33)23(30)18-24(31)34-17-7-10-20-8-5-4-6-9-20/h4-6,8-9,11-14,19,23H,3,7,10,15-18H2,1-2H3,(H,28,33)(H,29,32,36). The number of aryl methyl sites for hydroxylation is 1. The van der Waals surface area contributed by atoms with Gasteiger partial charge in [0.2, 0.25) is 5.91 Å². The van der Waals surface area contributed by atoms with Crippen LogP contribution in [0.25, 0.3) is 0 Å². The number of nitrogens with one attached hydrogen (secondary N) is 2. The highest BCUT2D eigenvalue weighted by Crippen LogP contribution is 2.16. The highest BCUT2D eigenvalue weighted by Gasteiger charge is 2.34. The van der Waals surface area contributed by atoms with Crippen molar-refractivity contribution in [3.05, 3.63) is 65.7 Å². The number of amides is 2. The first-order valence-corrected chi connectivity index (χ1v) is 12.6. The Kier molecular flexibility index (Phi) is 10.2. The Bertz CT molecular complexity index is 1050. The molecule has 2 atom stereocenters. The molecule has 1 saturated heterocycles. The molecule has 3 rings (SSSR count). The van der Waals surface area contributed by atoms with Gasteiger partial charge in [0.05, 0.1) is 19.1 Å². The van der Waals surface area contributed by atoms with Gasteiger partial charge in [-0.1, -0.05) is 37.3 Å². The highest BCUT2D eigenvalue weighted by molar-refractivity contribution is 7.80. The maximum absolute atomic E-state index is 12.7. The van der Waals surface area contributed by atoms with E-state index in [2.05, 4.69) is 10.6 Å². The molecule has 1 aliphatic heterocycles. The maximum Gasteiger partial charge on any atom is 0.308 e. The first-order chi connectivity index (χ1) is 17.4. The number of rotatable bonds is 10. The van der Waals surface area contributed by atoms with Gasteiger partial charge >= 0.3 is 5.97 Å². The van der Waals surface area contributed by atoms with E-state index in [0.717, 1.165) is 12.8 Å². The highest BCUT2D eigenvalue weighted by atomic mass is 32.1. The molecule has 1 heterocycles. The molecule has 2 aromatic carbocycles. The summed E-state index contributed by atoms with van der Waals surface area (Å²) in [7, 11) is 0. The van der Waals surface area contributed by atoms with Gasteiger partial charge in [0.25, 0.3) is 5.91 Å². The molecule has 2 unspecified atom stereocenters. The van der Waals surface area contributed by atoms with Crippen LogP contribution in [0.15, 0.2) is 54.6 Å². The summed E-state index contributed by atoms with van der Waals surface area (Å²) in [6, 6.07) is 15.9. The fourth-order valence-corrected chi connectivity index (χ4v) is 4.04. The van der Waals surface area contributed by atoms with E-state index in [0.29, 0.717) is 30.8 Å². The maximum atomic E-state index is 12.7. The number of thiocarbonyl (C=S) groups is 1. The fourth-order valence-electron chi connectivity index (χ4n) is 3.73. The van der Waals surface area contributed by atoms with Gasteiger partial charge in [0.15, 0.2) is 5.11 Å². The number of benzene rings is 2. The second-order valence-corrected chi connectivity index (χ2v) is 9.02. The van der Waals surface area contributed by atoms with Crippen molar-refractivity contribution >= 4 is 35.1 Å². The van der Waals surface area contributed by atoms with Crippen LogP contribution in [0.4, 0.5) is 0 Å². The van der Waals surface area contributed by atoms with Crippen molar-refractivity contribution < 1.29 is 23.9 Å². The zero-order chi connectivity index (χ0) is 25.9. The first kappa shape index (κ1) is 27.1. The van der Waals surface area contributed by atoms with Gasteiger partial charge in [0, 0.05) is 18.7 Å². The fraction of sp³-hybridized carbons (Fsp3) is 0.407. The SMILES string of the molecule is CCC(C)Oc1ccc(C(=O)NC(=S)N2CCNC(=O)C2CC(=O)OCCCc2ccccc2)cc1.